The van der Waals surface area contributed by atoms with Gasteiger partial charge in [-0.15, -0.1) is 0 Å². The van der Waals surface area contributed by atoms with E-state index in [1.54, 1.807) is 11.8 Å². The summed E-state index contributed by atoms with van der Waals surface area (Å²) in [5.74, 6) is 2.33. The zero-order valence-corrected chi connectivity index (χ0v) is 27.8. The summed E-state index contributed by atoms with van der Waals surface area (Å²) >= 11 is 1.70. The predicted molar refractivity (Wildman–Crippen MR) is 201 cm³/mol. The molecule has 3 aromatic heterocycles. The molecule has 2 N–H and O–H groups in total. The van der Waals surface area contributed by atoms with Gasteiger partial charge in [0.25, 0.3) is 0 Å². The number of hydrogen-bond donors (Lipinski definition) is 2. The van der Waals surface area contributed by atoms with E-state index >= 15 is 0 Å². The van der Waals surface area contributed by atoms with Crippen molar-refractivity contribution < 1.29 is 0 Å². The predicted octanol–water partition coefficient (Wildman–Crippen LogP) is 9.09. The van der Waals surface area contributed by atoms with Crippen molar-refractivity contribution in [3.8, 4) is 45.6 Å². The number of rotatable bonds is 3. The van der Waals surface area contributed by atoms with Crippen molar-refractivity contribution in [1.29, 1.82) is 0 Å². The highest BCUT2D eigenvalue weighted by molar-refractivity contribution is 7.99. The van der Waals surface area contributed by atoms with Gasteiger partial charge in [-0.1, -0.05) is 103 Å². The molecule has 0 amide bonds. The molecule has 9 nitrogen and oxygen atoms in total. The van der Waals surface area contributed by atoms with Crippen molar-refractivity contribution in [2.45, 2.75) is 9.79 Å². The molecule has 10 heteroatoms. The Balaban J connectivity index is 1.34. The van der Waals surface area contributed by atoms with Crippen LogP contribution in [-0.2, 0) is 0 Å². The molecule has 2 aliphatic rings. The second-order valence-electron chi connectivity index (χ2n) is 12.4. The Kier molecular flexibility index (Phi) is 6.34. The third-order valence-corrected chi connectivity index (χ3v) is 10.2. The lowest BCUT2D eigenvalue weighted by molar-refractivity contribution is 1.12. The number of H-pyrrole nitrogens is 2. The van der Waals surface area contributed by atoms with Gasteiger partial charge in [-0.2, -0.15) is 0 Å². The van der Waals surface area contributed by atoms with Gasteiger partial charge in [-0.25, -0.2) is 29.9 Å². The second-order valence-corrected chi connectivity index (χ2v) is 13.5. The molecule has 0 aliphatic carbocycles. The number of hydrogen-bond acceptors (Lipinski definition) is 8. The van der Waals surface area contributed by atoms with Crippen LogP contribution < -0.4 is 4.90 Å². The molecule has 5 aromatic carbocycles. The van der Waals surface area contributed by atoms with E-state index in [1.165, 1.54) is 0 Å². The summed E-state index contributed by atoms with van der Waals surface area (Å²) in [5.41, 5.74) is 7.47. The van der Waals surface area contributed by atoms with E-state index < -0.39 is 0 Å². The highest BCUT2D eigenvalue weighted by Gasteiger charge is 2.22. The maximum absolute atomic E-state index is 5.24. The molecule has 0 saturated carbocycles. The van der Waals surface area contributed by atoms with Crippen molar-refractivity contribution in [1.82, 2.24) is 39.9 Å². The minimum atomic E-state index is 0.579. The van der Waals surface area contributed by atoms with E-state index in [4.69, 9.17) is 29.9 Å². The first-order valence-electron chi connectivity index (χ1n) is 16.3. The lowest BCUT2D eigenvalue weighted by atomic mass is 10.1. The standard InChI is InChI=1S/C40H27N9S/c1-49(2)22-11-9-12-23(21-22)50-31-20-10-19-30-32(31)40-47-38-29-18-8-7-17-28(29)36(45-38)43-34-25-14-4-3-13-24(25)33(41-34)42-35-26-15-5-6-16-27(26)37(44-35)46-39(30)48-40/h3-21H,1-2H3,(H2,41,42,43,44,45,46,47,48). The maximum atomic E-state index is 5.24. The summed E-state index contributed by atoms with van der Waals surface area (Å²) in [6.07, 6.45) is 0. The molecule has 8 aromatic rings. The largest absolute Gasteiger partial charge is 0.378 e. The third-order valence-electron chi connectivity index (χ3n) is 9.10. The van der Waals surface area contributed by atoms with Gasteiger partial charge in [0.1, 0.15) is 22.6 Å². The summed E-state index contributed by atoms with van der Waals surface area (Å²) in [4.78, 5) is 42.0. The van der Waals surface area contributed by atoms with Gasteiger partial charge in [-0.3, -0.25) is 0 Å². The first kappa shape index (κ1) is 28.6. The zero-order chi connectivity index (χ0) is 33.3. The number of anilines is 1. The molecule has 8 bridgehead atoms. The monoisotopic (exact) mass is 665 g/mol. The highest BCUT2D eigenvalue weighted by Crippen LogP contribution is 2.40. The Morgan fingerprint density at radius 1 is 0.460 bits per heavy atom. The van der Waals surface area contributed by atoms with Gasteiger partial charge in [0, 0.05) is 73.4 Å². The van der Waals surface area contributed by atoms with Gasteiger partial charge < -0.3 is 14.9 Å². The average Bonchev–Trinajstić information content (AvgIpc) is 3.88. The minimum absolute atomic E-state index is 0.579. The molecule has 0 fully saturated rings. The van der Waals surface area contributed by atoms with Crippen LogP contribution >= 0.6 is 11.8 Å². The second kappa shape index (κ2) is 11.1. The molecule has 0 atom stereocenters. The van der Waals surface area contributed by atoms with Crippen LogP contribution in [0.3, 0.4) is 0 Å². The Labute approximate surface area is 290 Å². The molecule has 0 spiro atoms. The van der Waals surface area contributed by atoms with Crippen LogP contribution in [0.2, 0.25) is 0 Å². The topological polar surface area (TPSA) is 112 Å². The summed E-state index contributed by atoms with van der Waals surface area (Å²) < 4.78 is 0. The molecule has 0 radical (unpaired) electrons. The molecule has 238 valence electrons. The summed E-state index contributed by atoms with van der Waals surface area (Å²) in [6.45, 7) is 0. The fourth-order valence-corrected chi connectivity index (χ4v) is 7.73. The van der Waals surface area contributed by atoms with Crippen molar-refractivity contribution in [3.05, 3.63) is 115 Å². The molecule has 5 heterocycles. The molecule has 50 heavy (non-hydrogen) atoms. The minimum Gasteiger partial charge on any atom is -0.378 e. The Bertz CT molecular complexity index is 2850. The van der Waals surface area contributed by atoms with Gasteiger partial charge >= 0.3 is 0 Å². The fraction of sp³-hybridized carbons (Fsp3) is 0.0500. The first-order chi connectivity index (χ1) is 24.6. The SMILES string of the molecule is CN(C)c1cccc(Sc2cccc3c4nc5nc(nc6[nH]c(nc7nc(nc([nH]4)c23)-c2ccccc2-7)c2ccccc62)-c2ccccc2-5)c1. The van der Waals surface area contributed by atoms with Gasteiger partial charge in [-0.05, 0) is 24.3 Å². The zero-order valence-electron chi connectivity index (χ0n) is 27.0. The Hall–Kier alpha value is -6.39. The number of aromatic nitrogens is 8. The Morgan fingerprint density at radius 2 is 0.920 bits per heavy atom. The highest BCUT2D eigenvalue weighted by atomic mass is 32.2. The van der Waals surface area contributed by atoms with Crippen LogP contribution in [0.15, 0.2) is 125 Å². The quantitative estimate of drug-likeness (QED) is 0.192. The average molecular weight is 666 g/mol. The van der Waals surface area contributed by atoms with Crippen LogP contribution in [0.25, 0.3) is 89.7 Å². The van der Waals surface area contributed by atoms with Gasteiger partial charge in [0.2, 0.25) is 0 Å². The number of nitrogens with zero attached hydrogens (tertiary/aromatic N) is 7. The number of nitrogens with one attached hydrogen (secondary N) is 2. The van der Waals surface area contributed by atoms with Gasteiger partial charge in [0.15, 0.2) is 23.3 Å². The van der Waals surface area contributed by atoms with Crippen LogP contribution in [0.1, 0.15) is 0 Å². The molecule has 0 saturated heterocycles. The lowest BCUT2D eigenvalue weighted by Crippen LogP contribution is -2.08. The molecule has 0 unspecified atom stereocenters. The van der Waals surface area contributed by atoms with Gasteiger partial charge in [0.05, 0.1) is 0 Å². The number of fused-ring (bicyclic) bond motifs is 20. The van der Waals surface area contributed by atoms with E-state index in [1.807, 2.05) is 72.8 Å². The van der Waals surface area contributed by atoms with Crippen molar-refractivity contribution in [3.63, 3.8) is 0 Å². The van der Waals surface area contributed by atoms with E-state index in [-0.39, 0.29) is 0 Å². The van der Waals surface area contributed by atoms with E-state index in [0.717, 1.165) is 59.3 Å². The number of benzene rings is 5. The van der Waals surface area contributed by atoms with Crippen molar-refractivity contribution in [2.24, 2.45) is 0 Å². The van der Waals surface area contributed by atoms with Crippen LogP contribution in [-0.4, -0.2) is 54.0 Å². The van der Waals surface area contributed by atoms with E-state index in [9.17, 15) is 0 Å². The molecule has 10 rings (SSSR count). The smallest absolute Gasteiger partial charge is 0.164 e. The van der Waals surface area contributed by atoms with Crippen LogP contribution in [0, 0.1) is 0 Å². The summed E-state index contributed by atoms with van der Waals surface area (Å²) in [5, 5.41) is 3.79. The third kappa shape index (κ3) is 4.56. The van der Waals surface area contributed by atoms with E-state index in [2.05, 4.69) is 71.4 Å². The lowest BCUT2D eigenvalue weighted by Gasteiger charge is -2.13. The van der Waals surface area contributed by atoms with Crippen molar-refractivity contribution >= 4 is 61.6 Å². The molecular weight excluding hydrogens is 639 g/mol. The normalized spacial score (nSPS) is 11.9. The number of aromatic amines is 2. The van der Waals surface area contributed by atoms with Crippen LogP contribution in [0.4, 0.5) is 5.69 Å². The maximum Gasteiger partial charge on any atom is 0.164 e. The first-order valence-corrected chi connectivity index (χ1v) is 17.1. The summed E-state index contributed by atoms with van der Waals surface area (Å²) in [7, 11) is 4.11. The fourth-order valence-electron chi connectivity index (χ4n) is 6.70. The van der Waals surface area contributed by atoms with Crippen molar-refractivity contribution in [2.75, 3.05) is 19.0 Å². The van der Waals surface area contributed by atoms with Crippen LogP contribution in [0.5, 0.6) is 0 Å². The molecular formula is C40H27N9S. The Morgan fingerprint density at radius 3 is 1.48 bits per heavy atom. The summed E-state index contributed by atoms with van der Waals surface area (Å²) in [6, 6.07) is 39.1. The van der Waals surface area contributed by atoms with E-state index in [0.29, 0.717) is 45.9 Å². The molecule has 2 aliphatic heterocycles.